The number of aliphatic imine (C=N–C) groups is 1. The molecule has 1 aromatic carbocycles. The van der Waals surface area contributed by atoms with E-state index in [1.807, 2.05) is 19.1 Å². The third-order valence-electron chi connectivity index (χ3n) is 3.37. The summed E-state index contributed by atoms with van der Waals surface area (Å²) >= 11 is 3.27. The fraction of sp³-hybridized carbons (Fsp3) is 0.588. The van der Waals surface area contributed by atoms with Crippen LogP contribution < -0.4 is 10.6 Å². The number of aryl methyl sites for hydroxylation is 1. The van der Waals surface area contributed by atoms with E-state index in [4.69, 9.17) is 4.74 Å². The second-order valence-corrected chi connectivity index (χ2v) is 6.08. The quantitative estimate of drug-likeness (QED) is 0.213. The highest BCUT2D eigenvalue weighted by atomic mass is 127. The molecule has 4 nitrogen and oxygen atoms in total. The van der Waals surface area contributed by atoms with Gasteiger partial charge in [-0.05, 0) is 50.3 Å². The fourth-order valence-electron chi connectivity index (χ4n) is 2.11. The smallest absolute Gasteiger partial charge is 0.190 e. The van der Waals surface area contributed by atoms with E-state index in [0.29, 0.717) is 6.42 Å². The van der Waals surface area contributed by atoms with Gasteiger partial charge < -0.3 is 15.4 Å². The normalized spacial score (nSPS) is 11.1. The lowest BCUT2D eigenvalue weighted by molar-refractivity contribution is 0.143. The van der Waals surface area contributed by atoms with Gasteiger partial charge in [-0.3, -0.25) is 4.99 Å². The van der Waals surface area contributed by atoms with E-state index in [0.717, 1.165) is 61.6 Å². The van der Waals surface area contributed by atoms with Gasteiger partial charge in [0.25, 0.3) is 0 Å². The number of hydrogen-bond donors (Lipinski definition) is 2. The van der Waals surface area contributed by atoms with Crippen molar-refractivity contribution in [3.8, 4) is 0 Å². The first kappa shape index (κ1) is 23.6. The number of rotatable bonds is 10. The summed E-state index contributed by atoms with van der Waals surface area (Å²) < 4.78 is 19.8. The lowest BCUT2D eigenvalue weighted by atomic mass is 10.1. The van der Waals surface area contributed by atoms with Crippen molar-refractivity contribution in [2.45, 2.75) is 32.6 Å². The molecule has 0 radical (unpaired) electrons. The molecule has 2 N–H and O–H groups in total. The second-order valence-electron chi connectivity index (χ2n) is 5.17. The minimum absolute atomic E-state index is 0. The van der Waals surface area contributed by atoms with Crippen molar-refractivity contribution < 1.29 is 9.13 Å². The molecule has 1 rings (SSSR count). The molecule has 24 heavy (non-hydrogen) atoms. The van der Waals surface area contributed by atoms with Gasteiger partial charge >= 0.3 is 0 Å². The van der Waals surface area contributed by atoms with E-state index in [1.54, 1.807) is 7.05 Å². The van der Waals surface area contributed by atoms with Crippen molar-refractivity contribution in [2.24, 2.45) is 4.99 Å². The van der Waals surface area contributed by atoms with Crippen LogP contribution in [0.2, 0.25) is 0 Å². The van der Waals surface area contributed by atoms with Crippen LogP contribution in [0.5, 0.6) is 0 Å². The SMILES string of the molecule is CCOCCCCNC(=NC)NCCCc1ccc(Br)cc1F.I. The zero-order valence-electron chi connectivity index (χ0n) is 14.4. The molecule has 0 aliphatic heterocycles. The molecule has 0 unspecified atom stereocenters. The summed E-state index contributed by atoms with van der Waals surface area (Å²) in [5.41, 5.74) is 0.744. The zero-order valence-corrected chi connectivity index (χ0v) is 18.3. The Morgan fingerprint density at radius 3 is 2.54 bits per heavy atom. The average Bonchev–Trinajstić information content (AvgIpc) is 2.54. The molecule has 7 heteroatoms. The summed E-state index contributed by atoms with van der Waals surface area (Å²) in [6.07, 6.45) is 3.65. The van der Waals surface area contributed by atoms with Crippen LogP contribution in [0.15, 0.2) is 27.7 Å². The number of guanidine groups is 1. The van der Waals surface area contributed by atoms with Crippen LogP contribution in [0.1, 0.15) is 31.7 Å². The highest BCUT2D eigenvalue weighted by Crippen LogP contribution is 2.16. The third-order valence-corrected chi connectivity index (χ3v) is 3.86. The van der Waals surface area contributed by atoms with Gasteiger partial charge in [0.05, 0.1) is 0 Å². The van der Waals surface area contributed by atoms with Crippen molar-refractivity contribution in [3.05, 3.63) is 34.1 Å². The first-order valence-electron chi connectivity index (χ1n) is 8.13. The number of nitrogens with zero attached hydrogens (tertiary/aromatic N) is 1. The molecule has 0 saturated carbocycles. The van der Waals surface area contributed by atoms with Gasteiger partial charge in [0.1, 0.15) is 5.82 Å². The molecule has 0 aliphatic carbocycles. The van der Waals surface area contributed by atoms with Crippen molar-refractivity contribution >= 4 is 45.9 Å². The Bertz CT molecular complexity index is 489. The van der Waals surface area contributed by atoms with Gasteiger partial charge in [0.15, 0.2) is 5.96 Å². The Morgan fingerprint density at radius 2 is 1.92 bits per heavy atom. The lowest BCUT2D eigenvalue weighted by Gasteiger charge is -2.12. The molecular formula is C17H28BrFIN3O. The Labute approximate surface area is 170 Å². The third kappa shape index (κ3) is 10.5. The predicted molar refractivity (Wildman–Crippen MR) is 113 cm³/mol. The molecule has 1 aromatic rings. The molecular weight excluding hydrogens is 488 g/mol. The number of unbranched alkanes of at least 4 members (excludes halogenated alkanes) is 1. The van der Waals surface area contributed by atoms with E-state index >= 15 is 0 Å². The van der Waals surface area contributed by atoms with E-state index in [1.165, 1.54) is 6.07 Å². The van der Waals surface area contributed by atoms with Crippen LogP contribution in [0.25, 0.3) is 0 Å². The molecule has 138 valence electrons. The summed E-state index contributed by atoms with van der Waals surface area (Å²) in [7, 11) is 1.75. The first-order valence-corrected chi connectivity index (χ1v) is 8.92. The summed E-state index contributed by atoms with van der Waals surface area (Å²) in [6, 6.07) is 5.20. The highest BCUT2D eigenvalue weighted by molar-refractivity contribution is 14.0. The minimum Gasteiger partial charge on any atom is -0.382 e. The molecule has 0 atom stereocenters. The Balaban J connectivity index is 0.00000529. The molecule has 0 spiro atoms. The van der Waals surface area contributed by atoms with Crippen molar-refractivity contribution in [3.63, 3.8) is 0 Å². The van der Waals surface area contributed by atoms with Crippen LogP contribution in [0.3, 0.4) is 0 Å². The van der Waals surface area contributed by atoms with E-state index in [2.05, 4.69) is 31.6 Å². The van der Waals surface area contributed by atoms with Crippen LogP contribution in [-0.2, 0) is 11.2 Å². The van der Waals surface area contributed by atoms with Crippen molar-refractivity contribution in [2.75, 3.05) is 33.4 Å². The molecule has 0 aromatic heterocycles. The zero-order chi connectivity index (χ0) is 16.9. The first-order chi connectivity index (χ1) is 11.2. The van der Waals surface area contributed by atoms with Gasteiger partial charge in [-0.25, -0.2) is 4.39 Å². The summed E-state index contributed by atoms with van der Waals surface area (Å²) in [5.74, 6) is 0.633. The fourth-order valence-corrected chi connectivity index (χ4v) is 2.44. The standard InChI is InChI=1S/C17H27BrFN3O.HI/c1-3-23-12-5-4-10-21-17(20-2)22-11-6-7-14-8-9-15(18)13-16(14)19;/h8-9,13H,3-7,10-12H2,1-2H3,(H2,20,21,22);1H. The van der Waals surface area contributed by atoms with E-state index in [9.17, 15) is 4.39 Å². The monoisotopic (exact) mass is 515 g/mol. The Morgan fingerprint density at radius 1 is 1.21 bits per heavy atom. The van der Waals surface area contributed by atoms with Crippen LogP contribution >= 0.6 is 39.9 Å². The number of hydrogen-bond acceptors (Lipinski definition) is 2. The molecule has 0 saturated heterocycles. The average molecular weight is 516 g/mol. The minimum atomic E-state index is -0.156. The second kappa shape index (κ2) is 14.9. The summed E-state index contributed by atoms with van der Waals surface area (Å²) in [4.78, 5) is 4.18. The van der Waals surface area contributed by atoms with Gasteiger partial charge in [0, 0.05) is 37.8 Å². The van der Waals surface area contributed by atoms with E-state index in [-0.39, 0.29) is 29.8 Å². The number of ether oxygens (including phenoxy) is 1. The van der Waals surface area contributed by atoms with Gasteiger partial charge in [-0.2, -0.15) is 0 Å². The number of halogens is 3. The predicted octanol–water partition coefficient (Wildman–Crippen LogP) is 4.12. The number of nitrogens with one attached hydrogen (secondary N) is 2. The van der Waals surface area contributed by atoms with Crippen LogP contribution in [0, 0.1) is 5.82 Å². The molecule has 0 heterocycles. The summed E-state index contributed by atoms with van der Waals surface area (Å²) in [6.45, 7) is 5.21. The molecule has 0 bridgehead atoms. The largest absolute Gasteiger partial charge is 0.382 e. The highest BCUT2D eigenvalue weighted by Gasteiger charge is 2.03. The Kier molecular flexibility index (Phi) is 14.6. The lowest BCUT2D eigenvalue weighted by Crippen LogP contribution is -2.38. The molecule has 0 fully saturated rings. The molecule has 0 aliphatic rings. The molecule has 0 amide bonds. The topological polar surface area (TPSA) is 45.6 Å². The number of benzene rings is 1. The maximum Gasteiger partial charge on any atom is 0.190 e. The van der Waals surface area contributed by atoms with Gasteiger partial charge in [0.2, 0.25) is 0 Å². The van der Waals surface area contributed by atoms with Crippen molar-refractivity contribution in [1.82, 2.24) is 10.6 Å². The van der Waals surface area contributed by atoms with E-state index < -0.39 is 0 Å². The maximum absolute atomic E-state index is 13.7. The van der Waals surface area contributed by atoms with Gasteiger partial charge in [-0.1, -0.05) is 22.0 Å². The van der Waals surface area contributed by atoms with Gasteiger partial charge in [-0.15, -0.1) is 24.0 Å². The summed E-state index contributed by atoms with van der Waals surface area (Å²) in [5, 5.41) is 6.52. The van der Waals surface area contributed by atoms with Crippen molar-refractivity contribution in [1.29, 1.82) is 0 Å². The van der Waals surface area contributed by atoms with Crippen LogP contribution in [-0.4, -0.2) is 39.3 Å². The maximum atomic E-state index is 13.7. The van der Waals surface area contributed by atoms with Crippen LogP contribution in [0.4, 0.5) is 4.39 Å². The Hall–Kier alpha value is -0.410.